The van der Waals surface area contributed by atoms with Crippen molar-refractivity contribution in [3.8, 4) is 5.75 Å². The third-order valence-electron chi connectivity index (χ3n) is 3.13. The molecule has 0 aliphatic rings. The van der Waals surface area contributed by atoms with Crippen molar-refractivity contribution in [2.24, 2.45) is 0 Å². The lowest BCUT2D eigenvalue weighted by atomic mass is 10.1. The van der Waals surface area contributed by atoms with E-state index in [1.54, 1.807) is 6.07 Å². The summed E-state index contributed by atoms with van der Waals surface area (Å²) in [6.07, 6.45) is 5.44. The fourth-order valence-electron chi connectivity index (χ4n) is 2.02. The molecule has 19 heavy (non-hydrogen) atoms. The summed E-state index contributed by atoms with van der Waals surface area (Å²) in [5, 5.41) is 0. The van der Waals surface area contributed by atoms with Crippen molar-refractivity contribution >= 4 is 5.78 Å². The van der Waals surface area contributed by atoms with Crippen LogP contribution in [0, 0.1) is 5.82 Å². The number of ketones is 1. The molecule has 0 spiro atoms. The molecule has 0 N–H and O–H groups in total. The first kappa shape index (κ1) is 15.7. The fraction of sp³-hybridized carbons (Fsp3) is 0.562. The Balaban J connectivity index is 2.63. The molecule has 0 bridgehead atoms. The molecule has 0 amide bonds. The van der Waals surface area contributed by atoms with Crippen molar-refractivity contribution in [1.82, 2.24) is 0 Å². The highest BCUT2D eigenvalue weighted by Gasteiger charge is 2.15. The van der Waals surface area contributed by atoms with Gasteiger partial charge in [0.15, 0.2) is 17.3 Å². The van der Waals surface area contributed by atoms with Gasteiger partial charge >= 0.3 is 0 Å². The third kappa shape index (κ3) is 5.01. The first-order valence-corrected chi connectivity index (χ1v) is 7.02. The Labute approximate surface area is 115 Å². The standard InChI is InChI=1S/C16H23FO2/c1-4-5-6-7-9-12(2)19-16-14(13(3)18)10-8-11-15(16)17/h8,10-12H,4-7,9H2,1-3H3. The van der Waals surface area contributed by atoms with Gasteiger partial charge in [0, 0.05) is 0 Å². The zero-order valence-electron chi connectivity index (χ0n) is 12.0. The van der Waals surface area contributed by atoms with E-state index in [-0.39, 0.29) is 17.6 Å². The largest absolute Gasteiger partial charge is 0.487 e. The molecular formula is C16H23FO2. The number of Topliss-reactive ketones (excluding diaryl/α,β-unsaturated/α-hetero) is 1. The molecule has 0 saturated heterocycles. The van der Waals surface area contributed by atoms with Gasteiger partial charge in [-0.3, -0.25) is 4.79 Å². The summed E-state index contributed by atoms with van der Waals surface area (Å²) in [7, 11) is 0. The molecule has 1 unspecified atom stereocenters. The van der Waals surface area contributed by atoms with Gasteiger partial charge in [-0.15, -0.1) is 0 Å². The monoisotopic (exact) mass is 266 g/mol. The van der Waals surface area contributed by atoms with Crippen molar-refractivity contribution in [2.45, 2.75) is 59.0 Å². The van der Waals surface area contributed by atoms with Gasteiger partial charge in [-0.2, -0.15) is 0 Å². The molecule has 0 aromatic heterocycles. The second-order valence-corrected chi connectivity index (χ2v) is 4.95. The maximum absolute atomic E-state index is 13.7. The minimum atomic E-state index is -0.465. The third-order valence-corrected chi connectivity index (χ3v) is 3.13. The van der Waals surface area contributed by atoms with Gasteiger partial charge < -0.3 is 4.74 Å². The lowest BCUT2D eigenvalue weighted by molar-refractivity contribution is 0.100. The number of ether oxygens (including phenoxy) is 1. The molecule has 0 radical (unpaired) electrons. The molecule has 0 fully saturated rings. The zero-order chi connectivity index (χ0) is 14.3. The van der Waals surface area contributed by atoms with Crippen molar-refractivity contribution in [1.29, 1.82) is 0 Å². The number of benzene rings is 1. The number of rotatable bonds is 8. The van der Waals surface area contributed by atoms with Gasteiger partial charge in [-0.1, -0.05) is 32.3 Å². The van der Waals surface area contributed by atoms with Crippen molar-refractivity contribution in [2.75, 3.05) is 0 Å². The maximum atomic E-state index is 13.7. The van der Waals surface area contributed by atoms with Crippen LogP contribution in [0.2, 0.25) is 0 Å². The topological polar surface area (TPSA) is 26.3 Å². The van der Waals surface area contributed by atoms with Crippen LogP contribution in [0.1, 0.15) is 63.2 Å². The van der Waals surface area contributed by atoms with Gasteiger partial charge in [-0.25, -0.2) is 4.39 Å². The summed E-state index contributed by atoms with van der Waals surface area (Å²) in [6.45, 7) is 5.51. The first-order valence-electron chi connectivity index (χ1n) is 7.02. The Morgan fingerprint density at radius 3 is 2.68 bits per heavy atom. The molecule has 1 atom stereocenters. The molecule has 0 aliphatic heterocycles. The summed E-state index contributed by atoms with van der Waals surface area (Å²) in [4.78, 5) is 11.5. The minimum absolute atomic E-state index is 0.0770. The Kier molecular flexibility index (Phi) is 6.54. The summed E-state index contributed by atoms with van der Waals surface area (Å²) in [5.41, 5.74) is 0.320. The lowest BCUT2D eigenvalue weighted by Gasteiger charge is -2.17. The van der Waals surface area contributed by atoms with Gasteiger partial charge in [-0.05, 0) is 38.8 Å². The molecule has 106 valence electrons. The minimum Gasteiger partial charge on any atom is -0.487 e. The number of unbranched alkanes of at least 4 members (excludes halogenated alkanes) is 3. The van der Waals surface area contributed by atoms with Crippen LogP contribution in [0.5, 0.6) is 5.75 Å². The van der Waals surface area contributed by atoms with Crippen LogP contribution >= 0.6 is 0 Å². The van der Waals surface area contributed by atoms with E-state index in [4.69, 9.17) is 4.74 Å². The van der Waals surface area contributed by atoms with Gasteiger partial charge in [0.25, 0.3) is 0 Å². The molecule has 1 aromatic rings. The average Bonchev–Trinajstić information content (AvgIpc) is 2.37. The smallest absolute Gasteiger partial charge is 0.166 e. The number of halogens is 1. The van der Waals surface area contributed by atoms with E-state index in [0.29, 0.717) is 5.56 Å². The highest BCUT2D eigenvalue weighted by atomic mass is 19.1. The van der Waals surface area contributed by atoms with Crippen LogP contribution in [0.15, 0.2) is 18.2 Å². The number of hydrogen-bond acceptors (Lipinski definition) is 2. The molecular weight excluding hydrogens is 243 g/mol. The molecule has 0 saturated carbocycles. The highest BCUT2D eigenvalue weighted by Crippen LogP contribution is 2.25. The van der Waals surface area contributed by atoms with E-state index in [1.165, 1.54) is 38.3 Å². The van der Waals surface area contributed by atoms with Crippen LogP contribution in [-0.4, -0.2) is 11.9 Å². The van der Waals surface area contributed by atoms with E-state index in [9.17, 15) is 9.18 Å². The number of hydrogen-bond donors (Lipinski definition) is 0. The zero-order valence-corrected chi connectivity index (χ0v) is 12.0. The van der Waals surface area contributed by atoms with Crippen LogP contribution in [-0.2, 0) is 0 Å². The molecule has 0 heterocycles. The Bertz CT molecular complexity index is 415. The number of carbonyl (C=O) groups excluding carboxylic acids is 1. The van der Waals surface area contributed by atoms with E-state index in [1.807, 2.05) is 6.92 Å². The lowest BCUT2D eigenvalue weighted by Crippen LogP contribution is -2.14. The molecule has 1 rings (SSSR count). The first-order chi connectivity index (χ1) is 9.06. The SMILES string of the molecule is CCCCCCC(C)Oc1c(F)cccc1C(C)=O. The number of carbonyl (C=O) groups is 1. The van der Waals surface area contributed by atoms with Crippen LogP contribution in [0.3, 0.4) is 0 Å². The van der Waals surface area contributed by atoms with E-state index < -0.39 is 5.82 Å². The van der Waals surface area contributed by atoms with E-state index in [2.05, 4.69) is 6.92 Å². The predicted octanol–water partition coefficient (Wildman–Crippen LogP) is 4.77. The summed E-state index contributed by atoms with van der Waals surface area (Å²) < 4.78 is 19.4. The average molecular weight is 266 g/mol. The number of para-hydroxylation sites is 1. The van der Waals surface area contributed by atoms with Crippen LogP contribution in [0.4, 0.5) is 4.39 Å². The molecule has 2 nitrogen and oxygen atoms in total. The van der Waals surface area contributed by atoms with Gasteiger partial charge in [0.05, 0.1) is 11.7 Å². The van der Waals surface area contributed by atoms with E-state index in [0.717, 1.165) is 12.8 Å². The summed E-state index contributed by atoms with van der Waals surface area (Å²) >= 11 is 0. The summed E-state index contributed by atoms with van der Waals surface area (Å²) in [5.74, 6) is -0.543. The second-order valence-electron chi connectivity index (χ2n) is 4.95. The Morgan fingerprint density at radius 1 is 1.32 bits per heavy atom. The van der Waals surface area contributed by atoms with E-state index >= 15 is 0 Å². The Hall–Kier alpha value is -1.38. The Morgan fingerprint density at radius 2 is 2.05 bits per heavy atom. The highest BCUT2D eigenvalue weighted by molar-refractivity contribution is 5.96. The molecule has 3 heteroatoms. The van der Waals surface area contributed by atoms with Crippen molar-refractivity contribution in [3.05, 3.63) is 29.6 Å². The maximum Gasteiger partial charge on any atom is 0.166 e. The van der Waals surface area contributed by atoms with Gasteiger partial charge in [0.2, 0.25) is 0 Å². The second kappa shape index (κ2) is 7.93. The van der Waals surface area contributed by atoms with Gasteiger partial charge in [0.1, 0.15) is 0 Å². The van der Waals surface area contributed by atoms with Crippen molar-refractivity contribution in [3.63, 3.8) is 0 Å². The molecule has 0 aliphatic carbocycles. The van der Waals surface area contributed by atoms with Crippen LogP contribution in [0.25, 0.3) is 0 Å². The summed E-state index contributed by atoms with van der Waals surface area (Å²) in [6, 6.07) is 4.46. The quantitative estimate of drug-likeness (QED) is 0.500. The molecule has 1 aromatic carbocycles. The van der Waals surface area contributed by atoms with Crippen molar-refractivity contribution < 1.29 is 13.9 Å². The fourth-order valence-corrected chi connectivity index (χ4v) is 2.02. The van der Waals surface area contributed by atoms with Crippen LogP contribution < -0.4 is 4.74 Å². The normalized spacial score (nSPS) is 12.2. The predicted molar refractivity (Wildman–Crippen MR) is 75.3 cm³/mol.